The molecule has 1 saturated heterocycles. The van der Waals surface area contributed by atoms with Crippen molar-refractivity contribution in [3.05, 3.63) is 0 Å². The number of rotatable bonds is 5. The lowest BCUT2D eigenvalue weighted by Crippen LogP contribution is -2.32. The Labute approximate surface area is 85.7 Å². The number of ether oxygens (including phenoxy) is 1. The lowest BCUT2D eigenvalue weighted by Gasteiger charge is -2.17. The van der Waals surface area contributed by atoms with E-state index in [0.29, 0.717) is 19.0 Å². The smallest absolute Gasteiger partial charge is 0.150 e. The molecule has 14 heavy (non-hydrogen) atoms. The Bertz CT molecular complexity index is 263. The van der Waals surface area contributed by atoms with Crippen LogP contribution in [0.5, 0.6) is 0 Å². The molecule has 5 heteroatoms. The van der Waals surface area contributed by atoms with Crippen LogP contribution in [0.1, 0.15) is 19.8 Å². The highest BCUT2D eigenvalue weighted by Gasteiger charge is 2.31. The minimum absolute atomic E-state index is 0.0289. The molecule has 4 nitrogen and oxygen atoms in total. The summed E-state index contributed by atoms with van der Waals surface area (Å²) in [6, 6.07) is -0.0289. The van der Waals surface area contributed by atoms with E-state index in [-0.39, 0.29) is 17.7 Å². The van der Waals surface area contributed by atoms with Crippen molar-refractivity contribution in [1.29, 1.82) is 0 Å². The third-order valence-corrected chi connectivity index (χ3v) is 4.47. The van der Waals surface area contributed by atoms with Crippen molar-refractivity contribution in [3.8, 4) is 0 Å². The van der Waals surface area contributed by atoms with Gasteiger partial charge in [-0.05, 0) is 25.7 Å². The number of hydrogen-bond donors (Lipinski definition) is 1. The van der Waals surface area contributed by atoms with Crippen molar-refractivity contribution >= 4 is 9.84 Å². The van der Waals surface area contributed by atoms with E-state index < -0.39 is 9.84 Å². The third-order valence-electron chi connectivity index (χ3n) is 2.67. The van der Waals surface area contributed by atoms with E-state index in [1.165, 1.54) is 0 Å². The van der Waals surface area contributed by atoms with Crippen LogP contribution in [0.4, 0.5) is 0 Å². The molecule has 1 aliphatic rings. The second-order valence-electron chi connectivity index (χ2n) is 3.81. The van der Waals surface area contributed by atoms with Gasteiger partial charge in [-0.1, -0.05) is 0 Å². The van der Waals surface area contributed by atoms with E-state index in [1.807, 2.05) is 6.92 Å². The van der Waals surface area contributed by atoms with Crippen LogP contribution in [0.25, 0.3) is 0 Å². The minimum atomic E-state index is -2.79. The van der Waals surface area contributed by atoms with Gasteiger partial charge in [0, 0.05) is 19.3 Å². The molecule has 0 aromatic rings. The highest BCUT2D eigenvalue weighted by molar-refractivity contribution is 7.91. The molecule has 1 aliphatic heterocycles. The van der Waals surface area contributed by atoms with Crippen LogP contribution in [-0.2, 0) is 14.6 Å². The molecule has 0 bridgehead atoms. The monoisotopic (exact) mass is 221 g/mol. The SMILES string of the molecule is CCOCCC(N)C1CCS(=O)(=O)C1. The maximum absolute atomic E-state index is 11.2. The molecule has 2 unspecified atom stereocenters. The van der Waals surface area contributed by atoms with Gasteiger partial charge in [0.1, 0.15) is 0 Å². The molecule has 1 rings (SSSR count). The zero-order chi connectivity index (χ0) is 10.6. The van der Waals surface area contributed by atoms with Crippen LogP contribution < -0.4 is 5.73 Å². The maximum Gasteiger partial charge on any atom is 0.150 e. The molecule has 0 aromatic carbocycles. The summed E-state index contributed by atoms with van der Waals surface area (Å²) < 4.78 is 27.6. The number of hydrogen-bond acceptors (Lipinski definition) is 4. The summed E-state index contributed by atoms with van der Waals surface area (Å²) in [6.07, 6.45) is 1.48. The van der Waals surface area contributed by atoms with Crippen LogP contribution in [0, 0.1) is 5.92 Å². The lowest BCUT2D eigenvalue weighted by molar-refractivity contribution is 0.135. The van der Waals surface area contributed by atoms with E-state index >= 15 is 0 Å². The molecule has 2 atom stereocenters. The molecule has 1 fully saturated rings. The van der Waals surface area contributed by atoms with Crippen molar-refractivity contribution in [1.82, 2.24) is 0 Å². The van der Waals surface area contributed by atoms with Crippen molar-refractivity contribution in [3.63, 3.8) is 0 Å². The van der Waals surface area contributed by atoms with Gasteiger partial charge in [-0.15, -0.1) is 0 Å². The minimum Gasteiger partial charge on any atom is -0.382 e. The predicted octanol–water partition coefficient (Wildman–Crippen LogP) is 0.175. The molecule has 84 valence electrons. The molecule has 0 aliphatic carbocycles. The molecule has 1 heterocycles. The van der Waals surface area contributed by atoms with Crippen molar-refractivity contribution in [2.45, 2.75) is 25.8 Å². The quantitative estimate of drug-likeness (QED) is 0.672. The first kappa shape index (κ1) is 11.9. The average Bonchev–Trinajstić information content (AvgIpc) is 2.46. The predicted molar refractivity (Wildman–Crippen MR) is 55.8 cm³/mol. The molecule has 2 N–H and O–H groups in total. The summed E-state index contributed by atoms with van der Waals surface area (Å²) in [5, 5.41) is 0. The van der Waals surface area contributed by atoms with Gasteiger partial charge in [-0.3, -0.25) is 0 Å². The summed E-state index contributed by atoms with van der Waals surface area (Å²) in [5.41, 5.74) is 5.90. The highest BCUT2D eigenvalue weighted by atomic mass is 32.2. The second kappa shape index (κ2) is 5.09. The third kappa shape index (κ3) is 3.55. The summed E-state index contributed by atoms with van der Waals surface area (Å²) in [6.45, 7) is 3.26. The van der Waals surface area contributed by atoms with Gasteiger partial charge in [-0.2, -0.15) is 0 Å². The normalized spacial score (nSPS) is 27.7. The summed E-state index contributed by atoms with van der Waals surface area (Å²) in [7, 11) is -2.79. The van der Waals surface area contributed by atoms with E-state index in [0.717, 1.165) is 12.8 Å². The Hall–Kier alpha value is -0.130. The Morgan fingerprint density at radius 3 is 2.79 bits per heavy atom. The van der Waals surface area contributed by atoms with Crippen LogP contribution in [0.3, 0.4) is 0 Å². The van der Waals surface area contributed by atoms with Gasteiger partial charge in [0.05, 0.1) is 11.5 Å². The fraction of sp³-hybridized carbons (Fsp3) is 1.00. The summed E-state index contributed by atoms with van der Waals surface area (Å²) in [5.74, 6) is 0.709. The highest BCUT2D eigenvalue weighted by Crippen LogP contribution is 2.22. The Morgan fingerprint density at radius 2 is 2.29 bits per heavy atom. The van der Waals surface area contributed by atoms with Crippen LogP contribution in [0.15, 0.2) is 0 Å². The van der Waals surface area contributed by atoms with Crippen LogP contribution >= 0.6 is 0 Å². The van der Waals surface area contributed by atoms with Crippen molar-refractivity contribution in [2.75, 3.05) is 24.7 Å². The first-order chi connectivity index (χ1) is 6.55. The lowest BCUT2D eigenvalue weighted by atomic mass is 9.98. The zero-order valence-electron chi connectivity index (χ0n) is 8.61. The average molecular weight is 221 g/mol. The largest absolute Gasteiger partial charge is 0.382 e. The van der Waals surface area contributed by atoms with Gasteiger partial charge in [0.25, 0.3) is 0 Å². The molecule has 0 amide bonds. The van der Waals surface area contributed by atoms with Crippen LogP contribution in [0.2, 0.25) is 0 Å². The van der Waals surface area contributed by atoms with Crippen LogP contribution in [-0.4, -0.2) is 39.2 Å². The molecule has 0 radical (unpaired) electrons. The van der Waals surface area contributed by atoms with Gasteiger partial charge < -0.3 is 10.5 Å². The molecular weight excluding hydrogens is 202 g/mol. The zero-order valence-corrected chi connectivity index (χ0v) is 9.42. The number of sulfone groups is 1. The molecule has 0 spiro atoms. The topological polar surface area (TPSA) is 69.4 Å². The maximum atomic E-state index is 11.2. The first-order valence-corrected chi connectivity index (χ1v) is 6.91. The first-order valence-electron chi connectivity index (χ1n) is 5.09. The van der Waals surface area contributed by atoms with Gasteiger partial charge in [0.15, 0.2) is 9.84 Å². The Kier molecular flexibility index (Phi) is 4.34. The van der Waals surface area contributed by atoms with Gasteiger partial charge in [0.2, 0.25) is 0 Å². The van der Waals surface area contributed by atoms with Gasteiger partial charge >= 0.3 is 0 Å². The fourth-order valence-corrected chi connectivity index (χ4v) is 3.66. The summed E-state index contributed by atoms with van der Waals surface area (Å²) >= 11 is 0. The summed E-state index contributed by atoms with van der Waals surface area (Å²) in [4.78, 5) is 0. The van der Waals surface area contributed by atoms with Crippen molar-refractivity contribution in [2.24, 2.45) is 11.7 Å². The Morgan fingerprint density at radius 1 is 1.57 bits per heavy atom. The van der Waals surface area contributed by atoms with E-state index in [4.69, 9.17) is 10.5 Å². The molecule has 0 aromatic heterocycles. The fourth-order valence-electron chi connectivity index (χ4n) is 1.76. The van der Waals surface area contributed by atoms with Crippen molar-refractivity contribution < 1.29 is 13.2 Å². The van der Waals surface area contributed by atoms with E-state index in [2.05, 4.69) is 0 Å². The molecular formula is C9H19NO3S. The van der Waals surface area contributed by atoms with E-state index in [9.17, 15) is 8.42 Å². The second-order valence-corrected chi connectivity index (χ2v) is 6.04. The standard InChI is InChI=1S/C9H19NO3S/c1-2-13-5-3-9(10)8-4-6-14(11,12)7-8/h8-9H,2-7,10H2,1H3. The van der Waals surface area contributed by atoms with Gasteiger partial charge in [-0.25, -0.2) is 8.42 Å². The van der Waals surface area contributed by atoms with E-state index in [1.54, 1.807) is 0 Å². The molecule has 0 saturated carbocycles. The Balaban J connectivity index is 2.29. The number of nitrogens with two attached hydrogens (primary N) is 1.